The van der Waals surface area contributed by atoms with Gasteiger partial charge in [-0.1, -0.05) is 56.7 Å². The maximum absolute atomic E-state index is 12.3. The highest BCUT2D eigenvalue weighted by Gasteiger charge is 2.21. The Morgan fingerprint density at radius 3 is 2.38 bits per heavy atom. The first kappa shape index (κ1) is 17.7. The molecule has 2 rings (SSSR count). The number of nitrogens with one attached hydrogen (secondary N) is 2. The molecule has 2 aromatic carbocycles. The smallest absolute Gasteiger partial charge is 0.251 e. The second kappa shape index (κ2) is 7.30. The van der Waals surface area contributed by atoms with Crippen molar-refractivity contribution in [1.29, 1.82) is 0 Å². The molecule has 0 saturated heterocycles. The van der Waals surface area contributed by atoms with Crippen LogP contribution in [-0.2, 0) is 11.3 Å². The number of hydrogen-bond acceptors (Lipinski definition) is 2. The lowest BCUT2D eigenvalue weighted by atomic mass is 9.95. The average molecular weight is 324 g/mol. The number of hydrogen-bond donors (Lipinski definition) is 2. The van der Waals surface area contributed by atoms with Crippen molar-refractivity contribution in [1.82, 2.24) is 5.32 Å². The van der Waals surface area contributed by atoms with E-state index >= 15 is 0 Å². The van der Waals surface area contributed by atoms with E-state index in [4.69, 9.17) is 0 Å². The Labute approximate surface area is 143 Å². The third-order valence-electron chi connectivity index (χ3n) is 3.60. The van der Waals surface area contributed by atoms with Gasteiger partial charge in [0, 0.05) is 23.2 Å². The summed E-state index contributed by atoms with van der Waals surface area (Å²) in [6, 6.07) is 15.0. The minimum Gasteiger partial charge on any atom is -0.348 e. The van der Waals surface area contributed by atoms with E-state index in [-0.39, 0.29) is 11.8 Å². The van der Waals surface area contributed by atoms with Crippen molar-refractivity contribution in [2.24, 2.45) is 5.41 Å². The van der Waals surface area contributed by atoms with Gasteiger partial charge in [-0.3, -0.25) is 9.59 Å². The van der Waals surface area contributed by atoms with Crippen LogP contribution >= 0.6 is 0 Å². The quantitative estimate of drug-likeness (QED) is 0.896. The summed E-state index contributed by atoms with van der Waals surface area (Å²) in [5, 5.41) is 5.74. The summed E-state index contributed by atoms with van der Waals surface area (Å²) in [5.41, 5.74) is 2.88. The molecule has 0 radical (unpaired) electrons. The molecule has 0 aliphatic rings. The zero-order chi connectivity index (χ0) is 17.7. The monoisotopic (exact) mass is 324 g/mol. The highest BCUT2D eigenvalue weighted by atomic mass is 16.2. The number of carbonyl (C=O) groups is 2. The number of aryl methyl sites for hydroxylation is 1. The molecule has 0 bridgehead atoms. The lowest BCUT2D eigenvalue weighted by Crippen LogP contribution is -2.28. The first-order chi connectivity index (χ1) is 11.3. The molecule has 126 valence electrons. The molecular weight excluding hydrogens is 300 g/mol. The largest absolute Gasteiger partial charge is 0.348 e. The van der Waals surface area contributed by atoms with Crippen molar-refractivity contribution in [3.05, 3.63) is 65.2 Å². The second-order valence-electron chi connectivity index (χ2n) is 6.96. The molecule has 0 aliphatic carbocycles. The standard InChI is InChI=1S/C20H24N2O2/c1-14-7-5-8-15(11-14)13-21-18(23)16-9-6-10-17(12-16)22-19(24)20(2,3)4/h5-12H,13H2,1-4H3,(H,21,23)(H,22,24). The summed E-state index contributed by atoms with van der Waals surface area (Å²) in [5.74, 6) is -0.247. The second-order valence-corrected chi connectivity index (χ2v) is 6.96. The van der Waals surface area contributed by atoms with E-state index < -0.39 is 5.41 Å². The minimum atomic E-state index is -0.483. The molecule has 0 fully saturated rings. The molecular formula is C20H24N2O2. The van der Waals surface area contributed by atoms with Crippen LogP contribution in [0.5, 0.6) is 0 Å². The predicted octanol–water partition coefficient (Wildman–Crippen LogP) is 3.91. The van der Waals surface area contributed by atoms with Crippen LogP contribution in [0.25, 0.3) is 0 Å². The zero-order valence-corrected chi connectivity index (χ0v) is 14.6. The molecule has 0 spiro atoms. The van der Waals surface area contributed by atoms with Crippen LogP contribution in [0.2, 0.25) is 0 Å². The van der Waals surface area contributed by atoms with Gasteiger partial charge < -0.3 is 10.6 Å². The predicted molar refractivity (Wildman–Crippen MR) is 96.9 cm³/mol. The summed E-state index contributed by atoms with van der Waals surface area (Å²) in [6.45, 7) is 8.04. The van der Waals surface area contributed by atoms with Crippen molar-refractivity contribution in [2.75, 3.05) is 5.32 Å². The fourth-order valence-corrected chi connectivity index (χ4v) is 2.16. The topological polar surface area (TPSA) is 58.2 Å². The van der Waals surface area contributed by atoms with Gasteiger partial charge in [0.05, 0.1) is 0 Å². The van der Waals surface area contributed by atoms with Crippen molar-refractivity contribution < 1.29 is 9.59 Å². The Morgan fingerprint density at radius 1 is 1.00 bits per heavy atom. The normalized spacial score (nSPS) is 11.0. The van der Waals surface area contributed by atoms with Gasteiger partial charge in [-0.05, 0) is 30.7 Å². The van der Waals surface area contributed by atoms with E-state index in [0.29, 0.717) is 17.8 Å². The van der Waals surface area contributed by atoms with E-state index in [9.17, 15) is 9.59 Å². The van der Waals surface area contributed by atoms with Crippen LogP contribution in [-0.4, -0.2) is 11.8 Å². The maximum Gasteiger partial charge on any atom is 0.251 e. The lowest BCUT2D eigenvalue weighted by molar-refractivity contribution is -0.123. The Morgan fingerprint density at radius 2 is 1.71 bits per heavy atom. The molecule has 2 aromatic rings. The lowest BCUT2D eigenvalue weighted by Gasteiger charge is -2.18. The molecule has 0 aliphatic heterocycles. The first-order valence-corrected chi connectivity index (χ1v) is 8.01. The fraction of sp³-hybridized carbons (Fsp3) is 0.300. The molecule has 0 saturated carbocycles. The molecule has 2 N–H and O–H groups in total. The van der Waals surface area contributed by atoms with Crippen molar-refractivity contribution in [3.8, 4) is 0 Å². The van der Waals surface area contributed by atoms with Crippen molar-refractivity contribution >= 4 is 17.5 Å². The van der Waals surface area contributed by atoms with Crippen molar-refractivity contribution in [2.45, 2.75) is 34.2 Å². The minimum absolute atomic E-state index is 0.0835. The third kappa shape index (κ3) is 4.95. The van der Waals surface area contributed by atoms with E-state index in [0.717, 1.165) is 11.1 Å². The summed E-state index contributed by atoms with van der Waals surface area (Å²) in [6.07, 6.45) is 0. The van der Waals surface area contributed by atoms with Crippen LogP contribution in [0.3, 0.4) is 0 Å². The Hall–Kier alpha value is -2.62. The van der Waals surface area contributed by atoms with Crippen LogP contribution in [0, 0.1) is 12.3 Å². The highest BCUT2D eigenvalue weighted by molar-refractivity contribution is 5.98. The van der Waals surface area contributed by atoms with Gasteiger partial charge in [0.2, 0.25) is 5.91 Å². The molecule has 4 nitrogen and oxygen atoms in total. The number of carbonyl (C=O) groups excluding carboxylic acids is 2. The molecule has 0 unspecified atom stereocenters. The number of amides is 2. The highest BCUT2D eigenvalue weighted by Crippen LogP contribution is 2.18. The average Bonchev–Trinajstić information content (AvgIpc) is 2.52. The molecule has 2 amide bonds. The number of rotatable bonds is 4. The Bertz CT molecular complexity index is 745. The van der Waals surface area contributed by atoms with Crippen LogP contribution in [0.4, 0.5) is 5.69 Å². The third-order valence-corrected chi connectivity index (χ3v) is 3.60. The van der Waals surface area contributed by atoms with E-state index in [2.05, 4.69) is 10.6 Å². The van der Waals surface area contributed by atoms with E-state index in [1.54, 1.807) is 24.3 Å². The summed E-state index contributed by atoms with van der Waals surface area (Å²) >= 11 is 0. The van der Waals surface area contributed by atoms with Crippen LogP contribution in [0.15, 0.2) is 48.5 Å². The molecule has 24 heavy (non-hydrogen) atoms. The van der Waals surface area contributed by atoms with Gasteiger partial charge in [-0.25, -0.2) is 0 Å². The van der Waals surface area contributed by atoms with Crippen LogP contribution in [0.1, 0.15) is 42.3 Å². The Kier molecular flexibility index (Phi) is 5.39. The molecule has 0 aromatic heterocycles. The van der Waals surface area contributed by atoms with Gasteiger partial charge in [0.25, 0.3) is 5.91 Å². The van der Waals surface area contributed by atoms with Crippen molar-refractivity contribution in [3.63, 3.8) is 0 Å². The molecule has 0 heterocycles. The fourth-order valence-electron chi connectivity index (χ4n) is 2.16. The zero-order valence-electron chi connectivity index (χ0n) is 14.6. The first-order valence-electron chi connectivity index (χ1n) is 8.01. The summed E-state index contributed by atoms with van der Waals surface area (Å²) in [4.78, 5) is 24.4. The molecule has 0 atom stereocenters. The SMILES string of the molecule is Cc1cccc(CNC(=O)c2cccc(NC(=O)C(C)(C)C)c2)c1. The van der Waals surface area contributed by atoms with Gasteiger partial charge >= 0.3 is 0 Å². The number of anilines is 1. The number of benzene rings is 2. The van der Waals surface area contributed by atoms with Crippen LogP contribution < -0.4 is 10.6 Å². The summed E-state index contributed by atoms with van der Waals surface area (Å²) in [7, 11) is 0. The summed E-state index contributed by atoms with van der Waals surface area (Å²) < 4.78 is 0. The van der Waals surface area contributed by atoms with E-state index in [1.165, 1.54) is 0 Å². The van der Waals surface area contributed by atoms with Gasteiger partial charge in [0.15, 0.2) is 0 Å². The Balaban J connectivity index is 2.02. The van der Waals surface area contributed by atoms with Gasteiger partial charge in [0.1, 0.15) is 0 Å². The van der Waals surface area contributed by atoms with E-state index in [1.807, 2.05) is 52.0 Å². The maximum atomic E-state index is 12.3. The van der Waals surface area contributed by atoms with Gasteiger partial charge in [-0.2, -0.15) is 0 Å². The molecule has 4 heteroatoms. The van der Waals surface area contributed by atoms with Gasteiger partial charge in [-0.15, -0.1) is 0 Å².